The summed E-state index contributed by atoms with van der Waals surface area (Å²) < 4.78 is 24.8. The van der Waals surface area contributed by atoms with Gasteiger partial charge in [0.1, 0.15) is 19.8 Å². The molecule has 5 heterocycles. The molecule has 3 aliphatic heterocycles. The highest BCUT2D eigenvalue weighted by molar-refractivity contribution is 5.91. The predicted molar refractivity (Wildman–Crippen MR) is 127 cm³/mol. The summed E-state index contributed by atoms with van der Waals surface area (Å²) in [7, 11) is 0. The molecule has 9 heteroatoms. The van der Waals surface area contributed by atoms with E-state index in [0.29, 0.717) is 65.7 Å². The zero-order chi connectivity index (χ0) is 24.5. The van der Waals surface area contributed by atoms with Crippen LogP contribution in [0.5, 0.6) is 11.5 Å². The van der Waals surface area contributed by atoms with Crippen LogP contribution in [-0.2, 0) is 39.6 Å². The van der Waals surface area contributed by atoms with E-state index >= 15 is 0 Å². The fourth-order valence-corrected chi connectivity index (χ4v) is 5.52. The zero-order valence-electron chi connectivity index (χ0n) is 20.0. The summed E-state index contributed by atoms with van der Waals surface area (Å²) in [5.74, 6) is 0.831. The molecule has 0 unspecified atom stereocenters. The molecule has 1 atom stereocenters. The highest BCUT2D eigenvalue weighted by Crippen LogP contribution is 2.43. The summed E-state index contributed by atoms with van der Waals surface area (Å²) >= 11 is 0. The molecule has 2 N–H and O–H groups in total. The van der Waals surface area contributed by atoms with E-state index in [0.717, 1.165) is 16.5 Å². The second-order valence-electron chi connectivity index (χ2n) is 9.37. The number of nitrogens with zero attached hydrogens (tertiary/aromatic N) is 2. The maximum atomic E-state index is 13.7. The van der Waals surface area contributed by atoms with Gasteiger partial charge in [-0.2, -0.15) is 0 Å². The Balaban J connectivity index is 1.61. The highest BCUT2D eigenvalue weighted by Gasteiger charge is 2.48. The number of ether oxygens (including phenoxy) is 4. The summed E-state index contributed by atoms with van der Waals surface area (Å²) in [5, 5.41) is 0.880. The summed E-state index contributed by atoms with van der Waals surface area (Å²) in [5.41, 5.74) is 9.55. The van der Waals surface area contributed by atoms with Crippen LogP contribution >= 0.6 is 0 Å². The van der Waals surface area contributed by atoms with Gasteiger partial charge in [-0.3, -0.25) is 4.79 Å². The Morgan fingerprint density at radius 2 is 1.86 bits per heavy atom. The summed E-state index contributed by atoms with van der Waals surface area (Å²) in [6.45, 7) is 7.10. The summed E-state index contributed by atoms with van der Waals surface area (Å²) in [4.78, 5) is 31.6. The largest absolute Gasteiger partial charge is 0.486 e. The lowest BCUT2D eigenvalue weighted by molar-refractivity contribution is -0.187. The number of esters is 1. The number of fused-ring (bicyclic) bond motifs is 6. The molecular formula is C26H27N3O6. The van der Waals surface area contributed by atoms with Crippen molar-refractivity contribution in [2.75, 3.05) is 13.2 Å². The molecule has 35 heavy (non-hydrogen) atoms. The third-order valence-electron chi connectivity index (χ3n) is 7.08. The first-order valence-corrected chi connectivity index (χ1v) is 12.0. The monoisotopic (exact) mass is 477 g/mol. The van der Waals surface area contributed by atoms with Crippen LogP contribution in [0.1, 0.15) is 49.4 Å². The van der Waals surface area contributed by atoms with Gasteiger partial charge in [0.05, 0.1) is 35.1 Å². The Morgan fingerprint density at radius 1 is 1.11 bits per heavy atom. The minimum absolute atomic E-state index is 0.0760. The number of carbonyl (C=O) groups excluding carboxylic acids is 1. The van der Waals surface area contributed by atoms with Gasteiger partial charge in [0.25, 0.3) is 5.56 Å². The molecule has 0 bridgehead atoms. The number of carbonyl (C=O) groups is 1. The maximum Gasteiger partial charge on any atom is 0.343 e. The van der Waals surface area contributed by atoms with E-state index in [4.69, 9.17) is 29.7 Å². The van der Waals surface area contributed by atoms with Crippen LogP contribution in [0.3, 0.4) is 0 Å². The molecule has 0 saturated heterocycles. The van der Waals surface area contributed by atoms with Crippen molar-refractivity contribution in [1.29, 1.82) is 0 Å². The molecular weight excluding hydrogens is 450 g/mol. The molecule has 3 aliphatic rings. The average molecular weight is 478 g/mol. The smallest absolute Gasteiger partial charge is 0.343 e. The molecule has 0 radical (unpaired) electrons. The van der Waals surface area contributed by atoms with E-state index in [9.17, 15) is 9.59 Å². The molecule has 0 amide bonds. The van der Waals surface area contributed by atoms with Gasteiger partial charge in [0.2, 0.25) is 0 Å². The van der Waals surface area contributed by atoms with Gasteiger partial charge in [-0.25, -0.2) is 9.78 Å². The standard InChI is InChI=1S/C26H27N3O6/c1-4-26(35-13(2)3)18-8-20-23-16(11-29(20)24(30)17(18)12-34-25(26)31)15(10-27)14-7-21-22(9-19(14)28-23)33-6-5-32-21/h7-9,13H,4-6,10-12,27H2,1-3H3/t26-/m0/s1. The van der Waals surface area contributed by atoms with Crippen molar-refractivity contribution in [3.8, 4) is 22.9 Å². The number of benzene rings is 1. The Hall–Kier alpha value is -3.43. The van der Waals surface area contributed by atoms with Crippen molar-refractivity contribution in [2.45, 2.75) is 58.6 Å². The van der Waals surface area contributed by atoms with Crippen LogP contribution in [0.25, 0.3) is 22.3 Å². The second kappa shape index (κ2) is 7.79. The number of aromatic nitrogens is 2. The van der Waals surface area contributed by atoms with Crippen molar-refractivity contribution < 1.29 is 23.7 Å². The van der Waals surface area contributed by atoms with E-state index < -0.39 is 11.6 Å². The first kappa shape index (κ1) is 22.1. The molecule has 3 aromatic rings. The normalized spacial score (nSPS) is 20.0. The molecule has 2 aromatic heterocycles. The molecule has 0 aliphatic carbocycles. The van der Waals surface area contributed by atoms with E-state index in [1.54, 1.807) is 4.57 Å². The molecule has 6 rings (SSSR count). The van der Waals surface area contributed by atoms with Crippen molar-refractivity contribution >= 4 is 16.9 Å². The van der Waals surface area contributed by atoms with E-state index in [2.05, 4.69) is 0 Å². The fourth-order valence-electron chi connectivity index (χ4n) is 5.52. The van der Waals surface area contributed by atoms with Gasteiger partial charge < -0.3 is 29.2 Å². The molecule has 0 spiro atoms. The van der Waals surface area contributed by atoms with Crippen LogP contribution in [0.4, 0.5) is 0 Å². The second-order valence-corrected chi connectivity index (χ2v) is 9.37. The number of pyridine rings is 2. The van der Waals surface area contributed by atoms with Crippen molar-refractivity contribution in [3.63, 3.8) is 0 Å². The van der Waals surface area contributed by atoms with E-state index in [1.165, 1.54) is 0 Å². The van der Waals surface area contributed by atoms with Crippen LogP contribution in [0.2, 0.25) is 0 Å². The molecule has 182 valence electrons. The number of hydrogen-bond donors (Lipinski definition) is 1. The molecule has 0 fully saturated rings. The van der Waals surface area contributed by atoms with Gasteiger partial charge >= 0.3 is 5.97 Å². The summed E-state index contributed by atoms with van der Waals surface area (Å²) in [6, 6.07) is 5.66. The van der Waals surface area contributed by atoms with E-state index in [-0.39, 0.29) is 24.8 Å². The molecule has 0 saturated carbocycles. The SMILES string of the molecule is CC[C@@]1(OC(C)C)C(=O)OCc2c1cc1n(c2=O)Cc2c-1nc1cc3c(cc1c2CN)OCCO3. The van der Waals surface area contributed by atoms with Crippen LogP contribution in [0.15, 0.2) is 23.0 Å². The molecule has 1 aromatic carbocycles. The van der Waals surface area contributed by atoms with Gasteiger partial charge in [-0.05, 0) is 38.0 Å². The number of hydrogen-bond acceptors (Lipinski definition) is 8. The maximum absolute atomic E-state index is 13.7. The number of cyclic esters (lactones) is 1. The number of rotatable bonds is 4. The third-order valence-corrected chi connectivity index (χ3v) is 7.08. The Bertz CT molecular complexity index is 1460. The third kappa shape index (κ3) is 3.04. The summed E-state index contributed by atoms with van der Waals surface area (Å²) in [6.07, 6.45) is 0.103. The van der Waals surface area contributed by atoms with E-state index in [1.807, 2.05) is 39.0 Å². The average Bonchev–Trinajstić information content (AvgIpc) is 3.21. The first-order valence-electron chi connectivity index (χ1n) is 12.0. The Labute approximate surface area is 201 Å². The highest BCUT2D eigenvalue weighted by atomic mass is 16.6. The lowest BCUT2D eigenvalue weighted by atomic mass is 9.85. The topological polar surface area (TPSA) is 115 Å². The lowest BCUT2D eigenvalue weighted by Crippen LogP contribution is -2.47. The minimum Gasteiger partial charge on any atom is -0.486 e. The van der Waals surface area contributed by atoms with Crippen molar-refractivity contribution in [1.82, 2.24) is 9.55 Å². The fraction of sp³-hybridized carbons (Fsp3) is 0.423. The lowest BCUT2D eigenvalue weighted by Gasteiger charge is -2.37. The van der Waals surface area contributed by atoms with Gasteiger partial charge in [-0.15, -0.1) is 0 Å². The number of nitrogens with two attached hydrogens (primary N) is 1. The predicted octanol–water partition coefficient (Wildman–Crippen LogP) is 2.74. The van der Waals surface area contributed by atoms with Crippen molar-refractivity contribution in [3.05, 3.63) is 50.8 Å². The Kier molecular flexibility index (Phi) is 4.91. The van der Waals surface area contributed by atoms with Gasteiger partial charge in [0, 0.05) is 29.1 Å². The van der Waals surface area contributed by atoms with Gasteiger partial charge in [-0.1, -0.05) is 6.92 Å². The van der Waals surface area contributed by atoms with Gasteiger partial charge in [0.15, 0.2) is 17.1 Å². The minimum atomic E-state index is -1.34. The molecule has 9 nitrogen and oxygen atoms in total. The quantitative estimate of drug-likeness (QED) is 0.446. The van der Waals surface area contributed by atoms with Crippen LogP contribution in [-0.4, -0.2) is 34.8 Å². The first-order chi connectivity index (χ1) is 16.9. The van der Waals surface area contributed by atoms with Crippen molar-refractivity contribution in [2.24, 2.45) is 5.73 Å². The van der Waals surface area contributed by atoms with Crippen LogP contribution in [0, 0.1) is 0 Å². The van der Waals surface area contributed by atoms with Crippen LogP contribution < -0.4 is 20.8 Å². The zero-order valence-corrected chi connectivity index (χ0v) is 20.0. The Morgan fingerprint density at radius 3 is 2.54 bits per heavy atom.